The van der Waals surface area contributed by atoms with Gasteiger partial charge in [0.1, 0.15) is 17.2 Å². The minimum Gasteiger partial charge on any atom is -0.497 e. The summed E-state index contributed by atoms with van der Waals surface area (Å²) in [5.74, 6) is 1.77. The van der Waals surface area contributed by atoms with Crippen molar-refractivity contribution in [2.45, 2.75) is 26.7 Å². The third-order valence-electron chi connectivity index (χ3n) is 5.12. The Morgan fingerprint density at radius 2 is 1.94 bits per heavy atom. The van der Waals surface area contributed by atoms with E-state index < -0.39 is 5.63 Å². The first-order valence-corrected chi connectivity index (χ1v) is 9.84. The molecule has 0 aliphatic heterocycles. The van der Waals surface area contributed by atoms with Gasteiger partial charge in [-0.05, 0) is 62.2 Å². The third kappa shape index (κ3) is 4.32. The van der Waals surface area contributed by atoms with Crippen LogP contribution in [0.25, 0.3) is 22.4 Å². The lowest BCUT2D eigenvalue weighted by Crippen LogP contribution is -2.16. The molecule has 0 radical (unpaired) electrons. The van der Waals surface area contributed by atoms with Crippen LogP contribution in [0.5, 0.6) is 5.75 Å². The number of amides is 1. The lowest BCUT2D eigenvalue weighted by Gasteiger charge is -2.09. The molecule has 8 heteroatoms. The zero-order valence-electron chi connectivity index (χ0n) is 17.5. The average molecular weight is 418 g/mol. The van der Waals surface area contributed by atoms with E-state index in [4.69, 9.17) is 9.15 Å². The Kier molecular flexibility index (Phi) is 5.53. The lowest BCUT2D eigenvalue weighted by atomic mass is 10.0. The van der Waals surface area contributed by atoms with Gasteiger partial charge in [0.2, 0.25) is 5.91 Å². The maximum absolute atomic E-state index is 12.4. The van der Waals surface area contributed by atoms with Gasteiger partial charge in [0.25, 0.3) is 0 Å². The van der Waals surface area contributed by atoms with Gasteiger partial charge in [-0.2, -0.15) is 5.10 Å². The normalized spacial score (nSPS) is 10.9. The molecule has 0 aliphatic rings. The van der Waals surface area contributed by atoms with Gasteiger partial charge >= 0.3 is 5.63 Å². The van der Waals surface area contributed by atoms with Crippen LogP contribution >= 0.6 is 0 Å². The number of carbonyl (C=O) groups is 1. The predicted molar refractivity (Wildman–Crippen MR) is 117 cm³/mol. The van der Waals surface area contributed by atoms with E-state index in [2.05, 4.69) is 20.5 Å². The average Bonchev–Trinajstić information content (AvgIpc) is 3.20. The van der Waals surface area contributed by atoms with Crippen molar-refractivity contribution in [3.05, 3.63) is 69.8 Å². The molecule has 2 aromatic heterocycles. The van der Waals surface area contributed by atoms with Crippen LogP contribution in [0.1, 0.15) is 23.4 Å². The number of H-pyrrole nitrogens is 1. The number of methoxy groups -OCH3 is 1. The molecule has 0 saturated carbocycles. The molecule has 4 aromatic rings. The molecule has 4 rings (SSSR count). The molecule has 8 nitrogen and oxygen atoms in total. The smallest absolute Gasteiger partial charge is 0.339 e. The highest BCUT2D eigenvalue weighted by atomic mass is 16.5. The van der Waals surface area contributed by atoms with Crippen molar-refractivity contribution in [2.75, 3.05) is 12.4 Å². The molecule has 158 valence electrons. The van der Waals surface area contributed by atoms with Gasteiger partial charge in [0.15, 0.2) is 5.82 Å². The van der Waals surface area contributed by atoms with Gasteiger partial charge < -0.3 is 14.5 Å². The minimum absolute atomic E-state index is 0.162. The van der Waals surface area contributed by atoms with Crippen molar-refractivity contribution in [3.8, 4) is 17.1 Å². The second-order valence-electron chi connectivity index (χ2n) is 7.23. The van der Waals surface area contributed by atoms with E-state index in [-0.39, 0.29) is 18.7 Å². The minimum atomic E-state index is -0.433. The SMILES string of the molecule is COc1ccc2c(C)c(CCC(=O)Nc3ccc(-c4n[nH]c(C)n4)cc3)c(=O)oc2c1. The number of nitrogens with one attached hydrogen (secondary N) is 2. The molecule has 0 saturated heterocycles. The fourth-order valence-electron chi connectivity index (χ4n) is 3.43. The molecule has 0 unspecified atom stereocenters. The molecule has 0 fully saturated rings. The van der Waals surface area contributed by atoms with Crippen molar-refractivity contribution < 1.29 is 13.9 Å². The number of fused-ring (bicyclic) bond motifs is 1. The maximum Gasteiger partial charge on any atom is 0.339 e. The van der Waals surface area contributed by atoms with Crippen molar-refractivity contribution >= 4 is 22.6 Å². The summed E-state index contributed by atoms with van der Waals surface area (Å²) < 4.78 is 10.6. The van der Waals surface area contributed by atoms with Crippen LogP contribution in [-0.2, 0) is 11.2 Å². The van der Waals surface area contributed by atoms with Crippen LogP contribution in [0, 0.1) is 13.8 Å². The standard InChI is InChI=1S/C23H22N4O4/c1-13-18-9-8-17(30-3)12-20(18)31-23(29)19(13)10-11-21(28)25-16-6-4-15(5-7-16)22-24-14(2)26-27-22/h4-9,12H,10-11H2,1-3H3,(H,25,28)(H,24,26,27). The molecule has 0 bridgehead atoms. The Hall–Kier alpha value is -3.94. The monoisotopic (exact) mass is 418 g/mol. The highest BCUT2D eigenvalue weighted by Gasteiger charge is 2.14. The largest absolute Gasteiger partial charge is 0.497 e. The first-order chi connectivity index (χ1) is 14.9. The molecule has 0 spiro atoms. The lowest BCUT2D eigenvalue weighted by molar-refractivity contribution is -0.116. The predicted octanol–water partition coefficient (Wildman–Crippen LogP) is 3.77. The van der Waals surface area contributed by atoms with Gasteiger partial charge in [0.05, 0.1) is 7.11 Å². The van der Waals surface area contributed by atoms with Gasteiger partial charge in [-0.15, -0.1) is 0 Å². The van der Waals surface area contributed by atoms with E-state index in [1.807, 2.05) is 38.1 Å². The van der Waals surface area contributed by atoms with Crippen molar-refractivity contribution in [1.29, 1.82) is 0 Å². The molecular formula is C23H22N4O4. The molecule has 31 heavy (non-hydrogen) atoms. The summed E-state index contributed by atoms with van der Waals surface area (Å²) in [6.45, 7) is 3.70. The third-order valence-corrected chi connectivity index (χ3v) is 5.12. The zero-order valence-corrected chi connectivity index (χ0v) is 17.5. The van der Waals surface area contributed by atoms with Gasteiger partial charge in [-0.1, -0.05) is 0 Å². The number of ether oxygens (including phenoxy) is 1. The van der Waals surface area contributed by atoms with Crippen LogP contribution in [0.4, 0.5) is 5.69 Å². The van der Waals surface area contributed by atoms with Crippen molar-refractivity contribution in [2.24, 2.45) is 0 Å². The van der Waals surface area contributed by atoms with Gasteiger partial charge in [0, 0.05) is 34.7 Å². The van der Waals surface area contributed by atoms with Crippen molar-refractivity contribution in [3.63, 3.8) is 0 Å². The number of nitrogens with zero attached hydrogens (tertiary/aromatic N) is 2. The summed E-state index contributed by atoms with van der Waals surface area (Å²) in [7, 11) is 1.56. The van der Waals surface area contributed by atoms with Crippen LogP contribution in [0.2, 0.25) is 0 Å². The quantitative estimate of drug-likeness (QED) is 0.461. The molecule has 1 amide bonds. The Labute approximate surface area is 178 Å². The summed E-state index contributed by atoms with van der Waals surface area (Å²) in [4.78, 5) is 29.2. The summed E-state index contributed by atoms with van der Waals surface area (Å²) in [5, 5.41) is 10.6. The zero-order chi connectivity index (χ0) is 22.0. The Morgan fingerprint density at radius 1 is 1.16 bits per heavy atom. The first-order valence-electron chi connectivity index (χ1n) is 9.84. The van der Waals surface area contributed by atoms with Crippen LogP contribution < -0.4 is 15.7 Å². The van der Waals surface area contributed by atoms with Crippen LogP contribution in [0.15, 0.2) is 51.7 Å². The molecule has 2 aromatic carbocycles. The number of rotatable bonds is 6. The maximum atomic E-state index is 12.4. The Balaban J connectivity index is 1.44. The van der Waals surface area contributed by atoms with E-state index >= 15 is 0 Å². The molecule has 2 heterocycles. The summed E-state index contributed by atoms with van der Waals surface area (Å²) in [5.41, 5.74) is 2.86. The highest BCUT2D eigenvalue weighted by molar-refractivity contribution is 5.91. The number of anilines is 1. The fourth-order valence-corrected chi connectivity index (χ4v) is 3.43. The fraction of sp³-hybridized carbons (Fsp3) is 0.217. The number of hydrogen-bond donors (Lipinski definition) is 2. The number of hydrogen-bond acceptors (Lipinski definition) is 6. The van der Waals surface area contributed by atoms with E-state index in [1.165, 1.54) is 0 Å². The summed E-state index contributed by atoms with van der Waals surface area (Å²) in [6.07, 6.45) is 0.450. The van der Waals surface area contributed by atoms with E-state index in [1.54, 1.807) is 25.3 Å². The van der Waals surface area contributed by atoms with E-state index in [0.717, 1.165) is 22.3 Å². The second kappa shape index (κ2) is 8.43. The van der Waals surface area contributed by atoms with Crippen LogP contribution in [-0.4, -0.2) is 28.2 Å². The number of carbonyl (C=O) groups excluding carboxylic acids is 1. The van der Waals surface area contributed by atoms with E-state index in [0.29, 0.717) is 28.4 Å². The number of aromatic nitrogens is 3. The van der Waals surface area contributed by atoms with Gasteiger partial charge in [-0.25, -0.2) is 9.78 Å². The van der Waals surface area contributed by atoms with E-state index in [9.17, 15) is 9.59 Å². The summed E-state index contributed by atoms with van der Waals surface area (Å²) in [6, 6.07) is 12.6. The topological polar surface area (TPSA) is 110 Å². The highest BCUT2D eigenvalue weighted by Crippen LogP contribution is 2.24. The number of benzene rings is 2. The number of aromatic amines is 1. The Bertz CT molecular complexity index is 1310. The Morgan fingerprint density at radius 3 is 2.61 bits per heavy atom. The molecule has 2 N–H and O–H groups in total. The molecular weight excluding hydrogens is 396 g/mol. The molecule has 0 aliphatic carbocycles. The summed E-state index contributed by atoms with van der Waals surface area (Å²) >= 11 is 0. The first kappa shape index (κ1) is 20.3. The molecule has 0 atom stereocenters. The van der Waals surface area contributed by atoms with Crippen molar-refractivity contribution in [1.82, 2.24) is 15.2 Å². The van der Waals surface area contributed by atoms with Gasteiger partial charge in [-0.3, -0.25) is 9.89 Å². The second-order valence-corrected chi connectivity index (χ2v) is 7.23. The number of aryl methyl sites for hydroxylation is 2. The van der Waals surface area contributed by atoms with Crippen LogP contribution in [0.3, 0.4) is 0 Å².